The van der Waals surface area contributed by atoms with E-state index in [0.29, 0.717) is 43.4 Å². The zero-order chi connectivity index (χ0) is 22.8. The molecular formula is C22H30N4O4S. The average molecular weight is 447 g/mol. The lowest BCUT2D eigenvalue weighted by Gasteiger charge is -2.36. The van der Waals surface area contributed by atoms with Gasteiger partial charge in [0.15, 0.2) is 0 Å². The first-order valence-corrected chi connectivity index (χ1v) is 11.8. The predicted molar refractivity (Wildman–Crippen MR) is 120 cm³/mol. The van der Waals surface area contributed by atoms with Crippen LogP contribution in [0, 0.1) is 0 Å². The second-order valence-electron chi connectivity index (χ2n) is 8.22. The number of aromatic carboxylic acids is 1. The molecule has 1 aliphatic rings. The second kappa shape index (κ2) is 9.33. The maximum absolute atomic E-state index is 12.7. The third-order valence-corrected chi connectivity index (χ3v) is 7.51. The van der Waals surface area contributed by atoms with Gasteiger partial charge >= 0.3 is 5.97 Å². The van der Waals surface area contributed by atoms with Crippen molar-refractivity contribution < 1.29 is 18.3 Å². The summed E-state index contributed by atoms with van der Waals surface area (Å²) >= 11 is 0. The third-order valence-electron chi connectivity index (χ3n) is 5.60. The number of hydrogen-bond donors (Lipinski definition) is 1. The lowest BCUT2D eigenvalue weighted by Crippen LogP contribution is -2.47. The molecule has 0 bridgehead atoms. The van der Waals surface area contributed by atoms with Gasteiger partial charge < -0.3 is 10.0 Å². The molecule has 3 rings (SSSR count). The SMILES string of the molecule is CC(C)c1ccnc(N2CCN(Cc3ccccc3S(=O)(=O)N(C)C)CC2)c1C(=O)O. The number of aromatic nitrogens is 1. The van der Waals surface area contributed by atoms with E-state index in [1.54, 1.807) is 24.4 Å². The average Bonchev–Trinajstić information content (AvgIpc) is 2.73. The number of benzene rings is 1. The monoisotopic (exact) mass is 446 g/mol. The normalized spacial score (nSPS) is 15.6. The molecular weight excluding hydrogens is 416 g/mol. The molecule has 1 aromatic heterocycles. The van der Waals surface area contributed by atoms with Crippen LogP contribution in [0.15, 0.2) is 41.4 Å². The molecule has 168 valence electrons. The van der Waals surface area contributed by atoms with E-state index in [2.05, 4.69) is 9.88 Å². The molecule has 1 saturated heterocycles. The summed E-state index contributed by atoms with van der Waals surface area (Å²) in [7, 11) is -0.457. The molecule has 1 N–H and O–H groups in total. The summed E-state index contributed by atoms with van der Waals surface area (Å²) in [4.78, 5) is 20.8. The Kier molecular flexibility index (Phi) is 6.98. The molecule has 0 atom stereocenters. The Morgan fingerprint density at radius 1 is 1.13 bits per heavy atom. The van der Waals surface area contributed by atoms with Crippen molar-refractivity contribution in [1.82, 2.24) is 14.2 Å². The molecule has 1 fully saturated rings. The van der Waals surface area contributed by atoms with Crippen molar-refractivity contribution in [1.29, 1.82) is 0 Å². The molecule has 0 aliphatic carbocycles. The van der Waals surface area contributed by atoms with E-state index in [9.17, 15) is 18.3 Å². The summed E-state index contributed by atoms with van der Waals surface area (Å²) in [6.07, 6.45) is 1.67. The zero-order valence-electron chi connectivity index (χ0n) is 18.4. The van der Waals surface area contributed by atoms with Gasteiger partial charge in [-0.2, -0.15) is 0 Å². The number of pyridine rings is 1. The van der Waals surface area contributed by atoms with Gasteiger partial charge in [0, 0.05) is 53.0 Å². The van der Waals surface area contributed by atoms with Crippen LogP contribution in [-0.4, -0.2) is 74.0 Å². The van der Waals surface area contributed by atoms with Crippen molar-refractivity contribution in [2.24, 2.45) is 0 Å². The summed E-state index contributed by atoms with van der Waals surface area (Å²) in [5.74, 6) is -0.365. The van der Waals surface area contributed by atoms with Gasteiger partial charge in [-0.15, -0.1) is 0 Å². The topological polar surface area (TPSA) is 94.1 Å². The fraction of sp³-hybridized carbons (Fsp3) is 0.455. The molecule has 0 radical (unpaired) electrons. The molecule has 0 saturated carbocycles. The number of piperazine rings is 1. The van der Waals surface area contributed by atoms with E-state index in [1.165, 1.54) is 18.4 Å². The van der Waals surface area contributed by atoms with Gasteiger partial charge in [0.2, 0.25) is 10.0 Å². The van der Waals surface area contributed by atoms with Gasteiger partial charge in [0.05, 0.1) is 4.90 Å². The Morgan fingerprint density at radius 3 is 2.35 bits per heavy atom. The lowest BCUT2D eigenvalue weighted by molar-refractivity contribution is 0.0695. The van der Waals surface area contributed by atoms with Crippen LogP contribution in [0.1, 0.15) is 41.3 Å². The van der Waals surface area contributed by atoms with Crippen molar-refractivity contribution in [3.05, 3.63) is 53.2 Å². The van der Waals surface area contributed by atoms with Crippen molar-refractivity contribution in [2.75, 3.05) is 45.2 Å². The van der Waals surface area contributed by atoms with Gasteiger partial charge in [0.25, 0.3) is 0 Å². The first-order chi connectivity index (χ1) is 14.6. The van der Waals surface area contributed by atoms with Crippen molar-refractivity contribution in [3.63, 3.8) is 0 Å². The molecule has 9 heteroatoms. The highest BCUT2D eigenvalue weighted by molar-refractivity contribution is 7.89. The maximum Gasteiger partial charge on any atom is 0.339 e. The van der Waals surface area contributed by atoms with Gasteiger partial charge in [0.1, 0.15) is 11.4 Å². The summed E-state index contributed by atoms with van der Waals surface area (Å²) in [6, 6.07) is 8.84. The van der Waals surface area contributed by atoms with Crippen LogP contribution >= 0.6 is 0 Å². The molecule has 31 heavy (non-hydrogen) atoms. The van der Waals surface area contributed by atoms with Crippen molar-refractivity contribution in [3.8, 4) is 0 Å². The standard InChI is InChI=1S/C22H30N4O4S/c1-16(2)18-9-10-23-21(20(18)22(27)28)26-13-11-25(12-14-26)15-17-7-5-6-8-19(17)31(29,30)24(3)4/h5-10,16H,11-15H2,1-4H3,(H,27,28). The molecule has 0 spiro atoms. The number of rotatable bonds is 7. The van der Waals surface area contributed by atoms with E-state index < -0.39 is 16.0 Å². The van der Waals surface area contributed by atoms with E-state index in [0.717, 1.165) is 11.1 Å². The number of carbonyl (C=O) groups is 1. The molecule has 0 amide bonds. The van der Waals surface area contributed by atoms with Gasteiger partial charge in [-0.3, -0.25) is 4.90 Å². The summed E-state index contributed by atoms with van der Waals surface area (Å²) in [5.41, 5.74) is 1.81. The van der Waals surface area contributed by atoms with Gasteiger partial charge in [-0.1, -0.05) is 32.0 Å². The number of anilines is 1. The lowest BCUT2D eigenvalue weighted by atomic mass is 9.98. The van der Waals surface area contributed by atoms with Crippen molar-refractivity contribution in [2.45, 2.75) is 31.2 Å². The minimum absolute atomic E-state index is 0.0873. The maximum atomic E-state index is 12.7. The number of sulfonamides is 1. The van der Waals surface area contributed by atoms with Crippen LogP contribution < -0.4 is 4.90 Å². The fourth-order valence-electron chi connectivity index (χ4n) is 3.85. The zero-order valence-corrected chi connectivity index (χ0v) is 19.3. The van der Waals surface area contributed by atoms with E-state index in [1.807, 2.05) is 30.9 Å². The number of nitrogens with zero attached hydrogens (tertiary/aromatic N) is 4. The highest BCUT2D eigenvalue weighted by Crippen LogP contribution is 2.28. The Balaban J connectivity index is 1.77. The third kappa shape index (κ3) is 4.89. The highest BCUT2D eigenvalue weighted by Gasteiger charge is 2.27. The van der Waals surface area contributed by atoms with Gasteiger partial charge in [-0.25, -0.2) is 22.5 Å². The Labute approximate surface area is 184 Å². The van der Waals surface area contributed by atoms with Crippen LogP contribution in [0.3, 0.4) is 0 Å². The van der Waals surface area contributed by atoms with E-state index in [-0.39, 0.29) is 11.5 Å². The largest absolute Gasteiger partial charge is 0.478 e. The quantitative estimate of drug-likeness (QED) is 0.698. The Bertz CT molecular complexity index is 1050. The summed E-state index contributed by atoms with van der Waals surface area (Å²) in [5, 5.41) is 9.79. The molecule has 2 aromatic rings. The Hall–Kier alpha value is -2.49. The minimum atomic E-state index is -3.52. The van der Waals surface area contributed by atoms with E-state index >= 15 is 0 Å². The number of carboxylic acids is 1. The molecule has 8 nitrogen and oxygen atoms in total. The van der Waals surface area contributed by atoms with Gasteiger partial charge in [-0.05, 0) is 29.2 Å². The van der Waals surface area contributed by atoms with Crippen LogP contribution in [0.4, 0.5) is 5.82 Å². The smallest absolute Gasteiger partial charge is 0.339 e. The summed E-state index contributed by atoms with van der Waals surface area (Å²) in [6.45, 7) is 7.08. The molecule has 0 unspecified atom stereocenters. The first kappa shape index (κ1) is 23.2. The van der Waals surface area contributed by atoms with Crippen LogP contribution in [0.2, 0.25) is 0 Å². The second-order valence-corrected chi connectivity index (χ2v) is 10.3. The molecule has 1 aromatic carbocycles. The summed E-state index contributed by atoms with van der Waals surface area (Å²) < 4.78 is 26.5. The van der Waals surface area contributed by atoms with Crippen LogP contribution in [0.5, 0.6) is 0 Å². The fourth-order valence-corrected chi connectivity index (χ4v) is 4.95. The highest BCUT2D eigenvalue weighted by atomic mass is 32.2. The molecule has 2 heterocycles. The predicted octanol–water partition coefficient (Wildman–Crippen LogP) is 2.48. The molecule has 1 aliphatic heterocycles. The van der Waals surface area contributed by atoms with Crippen LogP contribution in [-0.2, 0) is 16.6 Å². The number of carboxylic acid groups (broad SMARTS) is 1. The van der Waals surface area contributed by atoms with Crippen LogP contribution in [0.25, 0.3) is 0 Å². The Morgan fingerprint density at radius 2 is 1.77 bits per heavy atom. The first-order valence-electron chi connectivity index (χ1n) is 10.3. The minimum Gasteiger partial charge on any atom is -0.478 e. The number of hydrogen-bond acceptors (Lipinski definition) is 6. The van der Waals surface area contributed by atoms with E-state index in [4.69, 9.17) is 0 Å². The van der Waals surface area contributed by atoms with Crippen molar-refractivity contribution >= 4 is 21.8 Å².